The summed E-state index contributed by atoms with van der Waals surface area (Å²) in [7, 11) is 0. The molecule has 2 nitrogen and oxygen atoms in total. The van der Waals surface area contributed by atoms with Crippen LogP contribution in [-0.2, 0) is 6.42 Å². The Morgan fingerprint density at radius 1 is 1.22 bits per heavy atom. The zero-order chi connectivity index (χ0) is 13.2. The predicted octanol–water partition coefficient (Wildman–Crippen LogP) is 3.34. The van der Waals surface area contributed by atoms with Crippen LogP contribution in [0.4, 0.5) is 4.39 Å². The van der Waals surface area contributed by atoms with Crippen molar-refractivity contribution in [2.75, 3.05) is 0 Å². The Labute approximate surface area is 109 Å². The van der Waals surface area contributed by atoms with E-state index in [4.69, 9.17) is 5.84 Å². The lowest BCUT2D eigenvalue weighted by molar-refractivity contribution is 0.464. The molecule has 0 aliphatic heterocycles. The maximum absolute atomic E-state index is 12.8. The van der Waals surface area contributed by atoms with E-state index in [1.54, 1.807) is 0 Å². The first kappa shape index (κ1) is 14.9. The first-order valence-corrected chi connectivity index (χ1v) is 6.57. The number of rotatable bonds is 9. The Morgan fingerprint density at radius 2 is 1.94 bits per heavy atom. The van der Waals surface area contributed by atoms with Crippen molar-refractivity contribution in [2.45, 2.75) is 44.6 Å². The quantitative estimate of drug-likeness (QED) is 0.305. The second-order valence-electron chi connectivity index (χ2n) is 4.62. The molecule has 100 valence electrons. The van der Waals surface area contributed by atoms with Gasteiger partial charge in [-0.15, -0.1) is 6.58 Å². The average molecular weight is 250 g/mol. The maximum atomic E-state index is 12.8. The Hall–Kier alpha value is -1.19. The summed E-state index contributed by atoms with van der Waals surface area (Å²) >= 11 is 0. The molecule has 1 rings (SSSR count). The molecule has 18 heavy (non-hydrogen) atoms. The van der Waals surface area contributed by atoms with Gasteiger partial charge in [-0.25, -0.2) is 4.39 Å². The molecule has 0 saturated heterocycles. The SMILES string of the molecule is C=CCCCCCC(Cc1ccc(F)cc1)NN. The second-order valence-corrected chi connectivity index (χ2v) is 4.62. The summed E-state index contributed by atoms with van der Waals surface area (Å²) in [4.78, 5) is 0. The fourth-order valence-corrected chi connectivity index (χ4v) is 2.01. The third-order valence-electron chi connectivity index (χ3n) is 3.09. The van der Waals surface area contributed by atoms with Crippen molar-refractivity contribution in [3.63, 3.8) is 0 Å². The normalized spacial score (nSPS) is 12.3. The third-order valence-corrected chi connectivity index (χ3v) is 3.09. The van der Waals surface area contributed by atoms with Gasteiger partial charge in [-0.3, -0.25) is 11.3 Å². The standard InChI is InChI=1S/C15H23FN2/c1-2-3-4-5-6-7-15(18-17)12-13-8-10-14(16)11-9-13/h2,8-11,15,18H,1,3-7,12,17H2. The fourth-order valence-electron chi connectivity index (χ4n) is 2.01. The summed E-state index contributed by atoms with van der Waals surface area (Å²) in [6, 6.07) is 6.88. The van der Waals surface area contributed by atoms with E-state index in [0.29, 0.717) is 0 Å². The number of allylic oxidation sites excluding steroid dienone is 1. The van der Waals surface area contributed by atoms with Crippen LogP contribution in [0.5, 0.6) is 0 Å². The van der Waals surface area contributed by atoms with Crippen LogP contribution in [0.1, 0.15) is 37.7 Å². The fraction of sp³-hybridized carbons (Fsp3) is 0.467. The van der Waals surface area contributed by atoms with Crippen LogP contribution in [-0.4, -0.2) is 6.04 Å². The van der Waals surface area contributed by atoms with Gasteiger partial charge in [0.1, 0.15) is 5.82 Å². The summed E-state index contributed by atoms with van der Waals surface area (Å²) in [6.45, 7) is 3.71. The molecule has 1 atom stereocenters. The molecular weight excluding hydrogens is 227 g/mol. The second kappa shape index (κ2) is 8.84. The topological polar surface area (TPSA) is 38.0 Å². The molecule has 3 heteroatoms. The molecule has 3 N–H and O–H groups in total. The minimum absolute atomic E-state index is 0.194. The monoisotopic (exact) mass is 250 g/mol. The largest absolute Gasteiger partial charge is 0.271 e. The van der Waals surface area contributed by atoms with Crippen molar-refractivity contribution in [3.8, 4) is 0 Å². The number of benzene rings is 1. The summed E-state index contributed by atoms with van der Waals surface area (Å²) in [5.41, 5.74) is 3.96. The van der Waals surface area contributed by atoms with Crippen LogP contribution >= 0.6 is 0 Å². The molecule has 0 amide bonds. The zero-order valence-corrected chi connectivity index (χ0v) is 10.9. The molecule has 1 aromatic carbocycles. The molecule has 1 aromatic rings. The maximum Gasteiger partial charge on any atom is 0.123 e. The van der Waals surface area contributed by atoms with E-state index >= 15 is 0 Å². The van der Waals surface area contributed by atoms with Crippen molar-refractivity contribution in [3.05, 3.63) is 48.3 Å². The lowest BCUT2D eigenvalue weighted by atomic mass is 10.0. The van der Waals surface area contributed by atoms with Gasteiger partial charge in [0.2, 0.25) is 0 Å². The van der Waals surface area contributed by atoms with Crippen molar-refractivity contribution in [2.24, 2.45) is 5.84 Å². The highest BCUT2D eigenvalue weighted by molar-refractivity contribution is 5.17. The lowest BCUT2D eigenvalue weighted by Gasteiger charge is -2.15. The summed E-state index contributed by atoms with van der Waals surface area (Å²) in [5.74, 6) is 5.36. The Morgan fingerprint density at radius 3 is 2.56 bits per heavy atom. The van der Waals surface area contributed by atoms with Gasteiger partial charge in [-0.1, -0.05) is 31.1 Å². The molecule has 0 aromatic heterocycles. The Bertz CT molecular complexity index is 335. The average Bonchev–Trinajstić information content (AvgIpc) is 2.39. The van der Waals surface area contributed by atoms with E-state index in [-0.39, 0.29) is 11.9 Å². The molecule has 0 heterocycles. The van der Waals surface area contributed by atoms with Crippen LogP contribution in [0, 0.1) is 5.82 Å². The number of nitrogens with two attached hydrogens (primary N) is 1. The van der Waals surface area contributed by atoms with E-state index in [0.717, 1.165) is 31.2 Å². The number of halogens is 1. The van der Waals surface area contributed by atoms with Gasteiger partial charge in [0.25, 0.3) is 0 Å². The van der Waals surface area contributed by atoms with Gasteiger partial charge in [0.15, 0.2) is 0 Å². The smallest absolute Gasteiger partial charge is 0.123 e. The van der Waals surface area contributed by atoms with Crippen molar-refractivity contribution in [1.29, 1.82) is 0 Å². The van der Waals surface area contributed by atoms with Gasteiger partial charge in [0, 0.05) is 6.04 Å². The predicted molar refractivity (Wildman–Crippen MR) is 74.5 cm³/mol. The van der Waals surface area contributed by atoms with Gasteiger partial charge in [0.05, 0.1) is 0 Å². The minimum Gasteiger partial charge on any atom is -0.271 e. The van der Waals surface area contributed by atoms with Crippen molar-refractivity contribution in [1.82, 2.24) is 5.43 Å². The minimum atomic E-state index is -0.194. The highest BCUT2D eigenvalue weighted by Gasteiger charge is 2.07. The summed E-state index contributed by atoms with van der Waals surface area (Å²) in [5, 5.41) is 0. The van der Waals surface area contributed by atoms with E-state index in [1.165, 1.54) is 25.0 Å². The number of hydrazine groups is 1. The van der Waals surface area contributed by atoms with E-state index in [9.17, 15) is 4.39 Å². The highest BCUT2D eigenvalue weighted by Crippen LogP contribution is 2.11. The van der Waals surface area contributed by atoms with E-state index in [2.05, 4.69) is 12.0 Å². The molecule has 0 aliphatic rings. The number of unbranched alkanes of at least 4 members (excludes halogenated alkanes) is 3. The first-order valence-electron chi connectivity index (χ1n) is 6.57. The molecule has 0 spiro atoms. The van der Waals surface area contributed by atoms with E-state index < -0.39 is 0 Å². The van der Waals surface area contributed by atoms with Gasteiger partial charge in [-0.05, 0) is 43.4 Å². The van der Waals surface area contributed by atoms with Gasteiger partial charge < -0.3 is 0 Å². The number of nitrogens with one attached hydrogen (secondary N) is 1. The summed E-state index contributed by atoms with van der Waals surface area (Å²) in [6.07, 6.45) is 8.48. The molecule has 0 radical (unpaired) electrons. The first-order chi connectivity index (χ1) is 8.76. The Balaban J connectivity index is 2.28. The third kappa shape index (κ3) is 5.94. The van der Waals surface area contributed by atoms with Crippen LogP contribution in [0.2, 0.25) is 0 Å². The molecule has 0 aliphatic carbocycles. The summed E-state index contributed by atoms with van der Waals surface area (Å²) < 4.78 is 12.8. The molecular formula is C15H23FN2. The van der Waals surface area contributed by atoms with Gasteiger partial charge in [-0.2, -0.15) is 0 Å². The van der Waals surface area contributed by atoms with Crippen molar-refractivity contribution < 1.29 is 4.39 Å². The van der Waals surface area contributed by atoms with E-state index in [1.807, 2.05) is 18.2 Å². The molecule has 0 fully saturated rings. The van der Waals surface area contributed by atoms with Crippen molar-refractivity contribution >= 4 is 0 Å². The number of hydrogen-bond donors (Lipinski definition) is 2. The zero-order valence-electron chi connectivity index (χ0n) is 10.9. The number of hydrogen-bond acceptors (Lipinski definition) is 2. The van der Waals surface area contributed by atoms with Crippen LogP contribution in [0.25, 0.3) is 0 Å². The highest BCUT2D eigenvalue weighted by atomic mass is 19.1. The lowest BCUT2D eigenvalue weighted by Crippen LogP contribution is -2.36. The molecule has 1 unspecified atom stereocenters. The molecule has 0 saturated carbocycles. The van der Waals surface area contributed by atoms with Crippen LogP contribution < -0.4 is 11.3 Å². The van der Waals surface area contributed by atoms with Crippen LogP contribution in [0.15, 0.2) is 36.9 Å². The van der Waals surface area contributed by atoms with Crippen LogP contribution in [0.3, 0.4) is 0 Å². The Kier molecular flexibility index (Phi) is 7.30. The molecule has 0 bridgehead atoms. The van der Waals surface area contributed by atoms with Gasteiger partial charge >= 0.3 is 0 Å².